The van der Waals surface area contributed by atoms with Crippen molar-refractivity contribution >= 4 is 33.0 Å². The van der Waals surface area contributed by atoms with Gasteiger partial charge < -0.3 is 0 Å². The Bertz CT molecular complexity index is 878. The molecule has 0 fully saturated rings. The predicted molar refractivity (Wildman–Crippen MR) is 72.3 cm³/mol. The fourth-order valence-electron chi connectivity index (χ4n) is 2.22. The number of fused-ring (bicyclic) bond motifs is 4. The summed E-state index contributed by atoms with van der Waals surface area (Å²) in [6.45, 7) is 0. The number of para-hydroxylation sites is 2. The Morgan fingerprint density at radius 2 is 1.44 bits per heavy atom. The van der Waals surface area contributed by atoms with Gasteiger partial charge in [0.2, 0.25) is 0 Å². The smallest absolute Gasteiger partial charge is 0.116 e. The molecular formula is C15H9N3. The monoisotopic (exact) mass is 231 g/mol. The summed E-state index contributed by atoms with van der Waals surface area (Å²) in [6.07, 6.45) is 1.79. The number of rotatable bonds is 0. The standard InChI is InChI=1S/C15H9N3/c1-2-6-12-11(5-1)17-13-8-7-10-4-3-9-16-14(10)15(13)18-12/h1-9H. The molecule has 0 spiro atoms. The van der Waals surface area contributed by atoms with Gasteiger partial charge in [0, 0.05) is 11.6 Å². The van der Waals surface area contributed by atoms with Crippen molar-refractivity contribution in [2.24, 2.45) is 0 Å². The molecule has 0 N–H and O–H groups in total. The van der Waals surface area contributed by atoms with E-state index in [1.54, 1.807) is 6.20 Å². The van der Waals surface area contributed by atoms with Crippen LogP contribution in [0.1, 0.15) is 0 Å². The molecular weight excluding hydrogens is 222 g/mol. The van der Waals surface area contributed by atoms with Crippen molar-refractivity contribution < 1.29 is 0 Å². The van der Waals surface area contributed by atoms with E-state index >= 15 is 0 Å². The molecule has 0 unspecified atom stereocenters. The van der Waals surface area contributed by atoms with E-state index in [2.05, 4.69) is 15.0 Å². The summed E-state index contributed by atoms with van der Waals surface area (Å²) in [5.74, 6) is 0. The van der Waals surface area contributed by atoms with Crippen LogP contribution >= 0.6 is 0 Å². The largest absolute Gasteiger partial charge is 0.254 e. The summed E-state index contributed by atoms with van der Waals surface area (Å²) in [7, 11) is 0. The predicted octanol–water partition coefficient (Wildman–Crippen LogP) is 3.33. The first-order valence-corrected chi connectivity index (χ1v) is 5.82. The zero-order valence-corrected chi connectivity index (χ0v) is 9.54. The second kappa shape index (κ2) is 3.47. The zero-order valence-electron chi connectivity index (χ0n) is 9.54. The first-order chi connectivity index (χ1) is 8.92. The van der Waals surface area contributed by atoms with Crippen LogP contribution in [0.2, 0.25) is 0 Å². The molecule has 3 nitrogen and oxygen atoms in total. The Kier molecular flexibility index (Phi) is 1.83. The van der Waals surface area contributed by atoms with Gasteiger partial charge in [-0.15, -0.1) is 0 Å². The first-order valence-electron chi connectivity index (χ1n) is 5.82. The van der Waals surface area contributed by atoms with E-state index in [9.17, 15) is 0 Å². The van der Waals surface area contributed by atoms with Crippen molar-refractivity contribution in [3.8, 4) is 0 Å². The topological polar surface area (TPSA) is 38.7 Å². The van der Waals surface area contributed by atoms with Gasteiger partial charge in [-0.05, 0) is 24.3 Å². The van der Waals surface area contributed by atoms with Gasteiger partial charge in [0.15, 0.2) is 0 Å². The molecule has 2 aromatic carbocycles. The van der Waals surface area contributed by atoms with Gasteiger partial charge in [-0.3, -0.25) is 4.98 Å². The highest BCUT2D eigenvalue weighted by Gasteiger charge is 2.05. The van der Waals surface area contributed by atoms with E-state index < -0.39 is 0 Å². The van der Waals surface area contributed by atoms with Crippen LogP contribution in [0.3, 0.4) is 0 Å². The molecule has 0 bridgehead atoms. The molecule has 0 saturated heterocycles. The summed E-state index contributed by atoms with van der Waals surface area (Å²) in [5, 5.41) is 1.09. The number of aromatic nitrogens is 3. The van der Waals surface area contributed by atoms with E-state index in [-0.39, 0.29) is 0 Å². The molecule has 84 valence electrons. The van der Waals surface area contributed by atoms with Crippen LogP contribution in [0, 0.1) is 0 Å². The minimum absolute atomic E-state index is 0.867. The van der Waals surface area contributed by atoms with Crippen LogP contribution in [0.25, 0.3) is 33.0 Å². The third kappa shape index (κ3) is 1.27. The fourth-order valence-corrected chi connectivity index (χ4v) is 2.22. The minimum atomic E-state index is 0.867. The quantitative estimate of drug-likeness (QED) is 0.344. The zero-order chi connectivity index (χ0) is 11.9. The van der Waals surface area contributed by atoms with Crippen LogP contribution in [-0.2, 0) is 0 Å². The number of hydrogen-bond donors (Lipinski definition) is 0. The highest BCUT2D eigenvalue weighted by Crippen LogP contribution is 2.22. The maximum absolute atomic E-state index is 4.68. The lowest BCUT2D eigenvalue weighted by atomic mass is 10.1. The van der Waals surface area contributed by atoms with Crippen LogP contribution in [0.15, 0.2) is 54.7 Å². The van der Waals surface area contributed by atoms with Gasteiger partial charge >= 0.3 is 0 Å². The Morgan fingerprint density at radius 1 is 0.611 bits per heavy atom. The molecule has 0 aliphatic heterocycles. The van der Waals surface area contributed by atoms with E-state index in [1.807, 2.05) is 48.5 Å². The van der Waals surface area contributed by atoms with Crippen molar-refractivity contribution in [1.82, 2.24) is 15.0 Å². The highest BCUT2D eigenvalue weighted by atomic mass is 14.8. The molecule has 3 heteroatoms. The van der Waals surface area contributed by atoms with Crippen LogP contribution in [0.5, 0.6) is 0 Å². The maximum atomic E-state index is 4.68. The molecule has 0 aliphatic carbocycles. The SMILES string of the molecule is c1cnc2c(c1)ccc1nc3ccccc3nc12. The molecule has 0 radical (unpaired) electrons. The molecule has 0 saturated carbocycles. The molecule has 0 atom stereocenters. The average Bonchev–Trinajstić information content (AvgIpc) is 2.45. The van der Waals surface area contributed by atoms with Gasteiger partial charge in [0.1, 0.15) is 5.52 Å². The summed E-state index contributed by atoms with van der Waals surface area (Å²) in [5.41, 5.74) is 4.49. The van der Waals surface area contributed by atoms with E-state index in [1.165, 1.54) is 0 Å². The van der Waals surface area contributed by atoms with Gasteiger partial charge in [0.05, 0.1) is 22.1 Å². The Balaban J connectivity index is 2.27. The number of benzene rings is 2. The van der Waals surface area contributed by atoms with Crippen molar-refractivity contribution in [2.45, 2.75) is 0 Å². The molecule has 4 rings (SSSR count). The Hall–Kier alpha value is -2.55. The van der Waals surface area contributed by atoms with Gasteiger partial charge in [-0.2, -0.15) is 0 Å². The Labute approximate surface area is 103 Å². The molecule has 4 aromatic rings. The van der Waals surface area contributed by atoms with E-state index in [4.69, 9.17) is 0 Å². The normalized spacial score (nSPS) is 11.3. The average molecular weight is 231 g/mol. The van der Waals surface area contributed by atoms with Crippen molar-refractivity contribution in [1.29, 1.82) is 0 Å². The molecule has 0 amide bonds. The number of pyridine rings is 1. The minimum Gasteiger partial charge on any atom is -0.254 e. The molecule has 18 heavy (non-hydrogen) atoms. The second-order valence-electron chi connectivity index (χ2n) is 4.22. The third-order valence-electron chi connectivity index (χ3n) is 3.08. The van der Waals surface area contributed by atoms with Gasteiger partial charge in [-0.1, -0.05) is 24.3 Å². The van der Waals surface area contributed by atoms with E-state index in [0.29, 0.717) is 0 Å². The summed E-state index contributed by atoms with van der Waals surface area (Å²) >= 11 is 0. The lowest BCUT2D eigenvalue weighted by molar-refractivity contribution is 1.37. The molecule has 2 aromatic heterocycles. The third-order valence-corrected chi connectivity index (χ3v) is 3.08. The van der Waals surface area contributed by atoms with Crippen molar-refractivity contribution in [2.75, 3.05) is 0 Å². The summed E-state index contributed by atoms with van der Waals surface area (Å²) in [6, 6.07) is 15.9. The Morgan fingerprint density at radius 3 is 2.33 bits per heavy atom. The second-order valence-corrected chi connectivity index (χ2v) is 4.22. The summed E-state index contributed by atoms with van der Waals surface area (Å²) < 4.78 is 0. The lowest BCUT2D eigenvalue weighted by Gasteiger charge is -2.03. The highest BCUT2D eigenvalue weighted by molar-refractivity contribution is 6.03. The van der Waals surface area contributed by atoms with Crippen LogP contribution < -0.4 is 0 Å². The number of hydrogen-bond acceptors (Lipinski definition) is 3. The van der Waals surface area contributed by atoms with Gasteiger partial charge in [-0.25, -0.2) is 9.97 Å². The van der Waals surface area contributed by atoms with Crippen LogP contribution in [0.4, 0.5) is 0 Å². The lowest BCUT2D eigenvalue weighted by Crippen LogP contribution is -1.89. The first kappa shape index (κ1) is 9.48. The summed E-state index contributed by atoms with van der Waals surface area (Å²) in [4.78, 5) is 13.7. The van der Waals surface area contributed by atoms with Crippen molar-refractivity contribution in [3.63, 3.8) is 0 Å². The van der Waals surface area contributed by atoms with E-state index in [0.717, 1.165) is 33.0 Å². The van der Waals surface area contributed by atoms with Crippen molar-refractivity contribution in [3.05, 3.63) is 54.7 Å². The molecule has 2 heterocycles. The fraction of sp³-hybridized carbons (Fsp3) is 0. The molecule has 0 aliphatic rings. The van der Waals surface area contributed by atoms with Crippen LogP contribution in [-0.4, -0.2) is 15.0 Å². The number of nitrogens with zero attached hydrogens (tertiary/aromatic N) is 3. The van der Waals surface area contributed by atoms with Gasteiger partial charge in [0.25, 0.3) is 0 Å². The maximum Gasteiger partial charge on any atom is 0.116 e.